The van der Waals surface area contributed by atoms with E-state index in [1.54, 1.807) is 20.1 Å². The lowest BCUT2D eigenvalue weighted by Gasteiger charge is -2.34. The molecular weight excluding hydrogens is 382 g/mol. The molecule has 2 aliphatic rings. The summed E-state index contributed by atoms with van der Waals surface area (Å²) in [6.45, 7) is 1.91. The fourth-order valence-electron chi connectivity index (χ4n) is 4.35. The number of ether oxygens (including phenoxy) is 1. The largest absolute Gasteiger partial charge is 0.497 e. The first kappa shape index (κ1) is 19.9. The highest BCUT2D eigenvalue weighted by molar-refractivity contribution is 6.10. The molecule has 2 aromatic rings. The molecule has 0 unspecified atom stereocenters. The number of hydrogen-bond acceptors (Lipinski definition) is 4. The molecule has 1 saturated heterocycles. The average molecular weight is 407 g/mol. The molecule has 1 aliphatic carbocycles. The Morgan fingerprint density at radius 3 is 2.73 bits per heavy atom. The summed E-state index contributed by atoms with van der Waals surface area (Å²) in [6, 6.07) is 13.6. The molecule has 7 nitrogen and oxygen atoms in total. The van der Waals surface area contributed by atoms with Crippen LogP contribution in [0.4, 0.5) is 4.79 Å². The maximum absolute atomic E-state index is 13.5. The number of imide groups is 1. The molecule has 1 fully saturated rings. The molecule has 1 heterocycles. The standard InChI is InChI=1S/C23H25N3O4/c1-15(20(27)24-14-16-7-4-3-5-8-16)26-21(28)23(25-22(26)29)12-6-9-17-13-18(30-2)10-11-19(17)23/h3-5,7-8,10-11,13,15H,6,9,12,14H2,1-2H3,(H,24,27)(H,25,29)/t15-,23-/m0/s1. The van der Waals surface area contributed by atoms with Crippen LogP contribution in [0.2, 0.25) is 0 Å². The molecule has 1 aliphatic heterocycles. The lowest BCUT2D eigenvalue weighted by atomic mass is 9.76. The molecular formula is C23H25N3O4. The Bertz CT molecular complexity index is 991. The second kappa shape index (κ2) is 7.82. The summed E-state index contributed by atoms with van der Waals surface area (Å²) in [6.07, 6.45) is 2.07. The van der Waals surface area contributed by atoms with Gasteiger partial charge in [-0.05, 0) is 55.0 Å². The van der Waals surface area contributed by atoms with Crippen LogP contribution < -0.4 is 15.4 Å². The molecule has 156 valence electrons. The second-order valence-corrected chi connectivity index (χ2v) is 7.77. The van der Waals surface area contributed by atoms with E-state index in [4.69, 9.17) is 4.74 Å². The summed E-state index contributed by atoms with van der Waals surface area (Å²) in [5.74, 6) is -0.0285. The molecule has 2 aromatic carbocycles. The van der Waals surface area contributed by atoms with Gasteiger partial charge in [0.25, 0.3) is 5.91 Å². The van der Waals surface area contributed by atoms with Gasteiger partial charge in [0.1, 0.15) is 17.3 Å². The topological polar surface area (TPSA) is 87.7 Å². The monoisotopic (exact) mass is 407 g/mol. The maximum Gasteiger partial charge on any atom is 0.326 e. The van der Waals surface area contributed by atoms with Gasteiger partial charge in [-0.25, -0.2) is 9.69 Å². The Balaban J connectivity index is 1.55. The number of rotatable bonds is 5. The summed E-state index contributed by atoms with van der Waals surface area (Å²) < 4.78 is 5.30. The van der Waals surface area contributed by atoms with E-state index < -0.39 is 17.6 Å². The summed E-state index contributed by atoms with van der Waals surface area (Å²) in [5, 5.41) is 5.70. The summed E-state index contributed by atoms with van der Waals surface area (Å²) in [7, 11) is 1.60. The number of hydrogen-bond donors (Lipinski definition) is 2. The Hall–Kier alpha value is -3.35. The molecule has 0 bridgehead atoms. The van der Waals surface area contributed by atoms with Crippen LogP contribution >= 0.6 is 0 Å². The van der Waals surface area contributed by atoms with Gasteiger partial charge in [-0.15, -0.1) is 0 Å². The molecule has 4 rings (SSSR count). The molecule has 30 heavy (non-hydrogen) atoms. The Labute approximate surface area is 175 Å². The Morgan fingerprint density at radius 2 is 2.00 bits per heavy atom. The number of methoxy groups -OCH3 is 1. The second-order valence-electron chi connectivity index (χ2n) is 7.77. The molecule has 0 aromatic heterocycles. The first-order valence-corrected chi connectivity index (χ1v) is 10.1. The zero-order valence-corrected chi connectivity index (χ0v) is 17.1. The van der Waals surface area contributed by atoms with Crippen molar-refractivity contribution >= 4 is 17.8 Å². The first-order chi connectivity index (χ1) is 14.5. The van der Waals surface area contributed by atoms with Gasteiger partial charge in [0, 0.05) is 6.54 Å². The minimum absolute atomic E-state index is 0.335. The Kier molecular flexibility index (Phi) is 5.20. The third-order valence-corrected chi connectivity index (χ3v) is 5.97. The van der Waals surface area contributed by atoms with Crippen LogP contribution in [0.1, 0.15) is 36.5 Å². The highest BCUT2D eigenvalue weighted by atomic mass is 16.5. The van der Waals surface area contributed by atoms with Gasteiger partial charge in [0.15, 0.2) is 0 Å². The van der Waals surface area contributed by atoms with Crippen LogP contribution in [0.5, 0.6) is 5.75 Å². The number of carbonyl (C=O) groups is 3. The Morgan fingerprint density at radius 1 is 1.23 bits per heavy atom. The van der Waals surface area contributed by atoms with Crippen molar-refractivity contribution in [2.45, 2.75) is 44.3 Å². The fourth-order valence-corrected chi connectivity index (χ4v) is 4.35. The van der Waals surface area contributed by atoms with Gasteiger partial charge in [0.2, 0.25) is 5.91 Å². The van der Waals surface area contributed by atoms with Crippen molar-refractivity contribution < 1.29 is 19.1 Å². The molecule has 2 N–H and O–H groups in total. The van der Waals surface area contributed by atoms with Crippen molar-refractivity contribution in [3.05, 3.63) is 65.2 Å². The van der Waals surface area contributed by atoms with Crippen molar-refractivity contribution in [2.75, 3.05) is 7.11 Å². The van der Waals surface area contributed by atoms with Gasteiger partial charge in [-0.3, -0.25) is 9.59 Å². The highest BCUT2D eigenvalue weighted by Crippen LogP contribution is 2.41. The summed E-state index contributed by atoms with van der Waals surface area (Å²) in [4.78, 5) is 40.0. The third kappa shape index (κ3) is 3.30. The van der Waals surface area contributed by atoms with E-state index >= 15 is 0 Å². The highest BCUT2D eigenvalue weighted by Gasteiger charge is 2.56. The van der Waals surface area contributed by atoms with Crippen LogP contribution in [-0.4, -0.2) is 35.9 Å². The van der Waals surface area contributed by atoms with E-state index in [0.29, 0.717) is 18.7 Å². The van der Waals surface area contributed by atoms with Crippen LogP contribution in [0, 0.1) is 0 Å². The van der Waals surface area contributed by atoms with Crippen molar-refractivity contribution in [2.24, 2.45) is 0 Å². The van der Waals surface area contributed by atoms with E-state index in [1.807, 2.05) is 42.5 Å². The summed E-state index contributed by atoms with van der Waals surface area (Å²) >= 11 is 0. The molecule has 2 atom stereocenters. The predicted molar refractivity (Wildman–Crippen MR) is 111 cm³/mol. The normalized spacial score (nSPS) is 21.2. The first-order valence-electron chi connectivity index (χ1n) is 10.1. The van der Waals surface area contributed by atoms with Crippen LogP contribution in [0.3, 0.4) is 0 Å². The van der Waals surface area contributed by atoms with Gasteiger partial charge >= 0.3 is 6.03 Å². The molecule has 0 saturated carbocycles. The van der Waals surface area contributed by atoms with E-state index in [0.717, 1.165) is 34.4 Å². The van der Waals surface area contributed by atoms with Crippen molar-refractivity contribution in [1.82, 2.24) is 15.5 Å². The van der Waals surface area contributed by atoms with Crippen molar-refractivity contribution in [1.29, 1.82) is 0 Å². The molecule has 0 radical (unpaired) electrons. The predicted octanol–water partition coefficient (Wildman–Crippen LogP) is 2.48. The number of nitrogens with one attached hydrogen (secondary N) is 2. The van der Waals surface area contributed by atoms with E-state index in [-0.39, 0.29) is 11.8 Å². The zero-order valence-electron chi connectivity index (χ0n) is 17.1. The number of amides is 4. The van der Waals surface area contributed by atoms with Gasteiger partial charge in [-0.2, -0.15) is 0 Å². The van der Waals surface area contributed by atoms with Gasteiger partial charge < -0.3 is 15.4 Å². The number of fused-ring (bicyclic) bond motifs is 2. The fraction of sp³-hybridized carbons (Fsp3) is 0.348. The maximum atomic E-state index is 13.5. The van der Waals surface area contributed by atoms with Gasteiger partial charge in [0.05, 0.1) is 7.11 Å². The lowest BCUT2D eigenvalue weighted by molar-refractivity contribution is -0.138. The lowest BCUT2D eigenvalue weighted by Crippen LogP contribution is -2.50. The number of benzene rings is 2. The zero-order chi connectivity index (χ0) is 21.3. The van der Waals surface area contributed by atoms with E-state index in [1.165, 1.54) is 0 Å². The number of carbonyl (C=O) groups excluding carboxylic acids is 3. The minimum Gasteiger partial charge on any atom is -0.497 e. The van der Waals surface area contributed by atoms with Gasteiger partial charge in [-0.1, -0.05) is 36.4 Å². The van der Waals surface area contributed by atoms with Crippen LogP contribution in [0.15, 0.2) is 48.5 Å². The smallest absolute Gasteiger partial charge is 0.326 e. The number of aryl methyl sites for hydroxylation is 1. The number of urea groups is 1. The van der Waals surface area contributed by atoms with Crippen molar-refractivity contribution in [3.63, 3.8) is 0 Å². The van der Waals surface area contributed by atoms with Crippen LogP contribution in [0.25, 0.3) is 0 Å². The average Bonchev–Trinajstić information content (AvgIpc) is 3.01. The molecule has 7 heteroatoms. The van der Waals surface area contributed by atoms with Crippen molar-refractivity contribution in [3.8, 4) is 5.75 Å². The van der Waals surface area contributed by atoms with E-state index in [2.05, 4.69) is 10.6 Å². The molecule has 1 spiro atoms. The number of nitrogens with zero attached hydrogens (tertiary/aromatic N) is 1. The quantitative estimate of drug-likeness (QED) is 0.746. The summed E-state index contributed by atoms with van der Waals surface area (Å²) in [5.41, 5.74) is 1.59. The SMILES string of the molecule is COc1ccc2c(c1)CCC[C@]21NC(=O)N([C@@H](C)C(=O)NCc2ccccc2)C1=O. The van der Waals surface area contributed by atoms with E-state index in [9.17, 15) is 14.4 Å². The van der Waals surface area contributed by atoms with Crippen LogP contribution in [-0.2, 0) is 28.1 Å². The minimum atomic E-state index is -1.12. The third-order valence-electron chi connectivity index (χ3n) is 5.97. The molecule has 4 amide bonds.